The number of carbonyl (C=O) groups is 1. The fourth-order valence-electron chi connectivity index (χ4n) is 3.61. The molecular formula is C23H28Cl3FN2O4. The molecule has 0 aromatic heterocycles. The standard InChI is InChI=1S/C23H27Cl2FN2O4.ClH/c1-15(29)27-19-7-6-16(26)12-21(19)31-14-23(2,30)13-28-10-8-17(9-11-28)32-20-5-3-4-18(24)22(20)25;/h3-7,12,17,30H,8-11,13-14H2,1-2H3,(H,27,29);1H. The molecule has 0 radical (unpaired) electrons. The number of ether oxygens (including phenoxy) is 2. The number of rotatable bonds is 8. The van der Waals surface area contributed by atoms with Crippen LogP contribution in [0, 0.1) is 5.82 Å². The van der Waals surface area contributed by atoms with Gasteiger partial charge in [-0.15, -0.1) is 12.4 Å². The molecule has 0 aliphatic carbocycles. The predicted octanol–water partition coefficient (Wildman–Crippen LogP) is 5.19. The summed E-state index contributed by atoms with van der Waals surface area (Å²) in [5.41, 5.74) is -0.823. The van der Waals surface area contributed by atoms with Crippen molar-refractivity contribution in [2.24, 2.45) is 0 Å². The molecule has 0 bridgehead atoms. The van der Waals surface area contributed by atoms with Crippen LogP contribution in [0.4, 0.5) is 10.1 Å². The highest BCUT2D eigenvalue weighted by Gasteiger charge is 2.29. The van der Waals surface area contributed by atoms with E-state index in [9.17, 15) is 14.3 Å². The van der Waals surface area contributed by atoms with Gasteiger partial charge in [-0.05, 0) is 44.0 Å². The second kappa shape index (κ2) is 12.1. The van der Waals surface area contributed by atoms with Gasteiger partial charge in [0.05, 0.1) is 10.7 Å². The summed E-state index contributed by atoms with van der Waals surface area (Å²) in [4.78, 5) is 13.5. The topological polar surface area (TPSA) is 71.0 Å². The number of nitrogens with zero attached hydrogens (tertiary/aromatic N) is 1. The molecule has 1 amide bonds. The maximum atomic E-state index is 13.6. The van der Waals surface area contributed by atoms with Gasteiger partial charge in [0.2, 0.25) is 5.91 Å². The Balaban J connectivity index is 0.00000385. The number of halogens is 4. The number of likely N-dealkylation sites (tertiary alicyclic amines) is 1. The van der Waals surface area contributed by atoms with E-state index in [1.165, 1.54) is 25.1 Å². The SMILES string of the molecule is CC(=O)Nc1ccc(F)cc1OCC(C)(O)CN1CCC(Oc2cccc(Cl)c2Cl)CC1.Cl. The zero-order valence-electron chi connectivity index (χ0n) is 18.4. The largest absolute Gasteiger partial charge is 0.489 e. The molecule has 3 rings (SSSR count). The minimum absolute atomic E-state index is 0. The van der Waals surface area contributed by atoms with Crippen molar-refractivity contribution in [3.63, 3.8) is 0 Å². The van der Waals surface area contributed by atoms with Crippen molar-refractivity contribution >= 4 is 47.2 Å². The first kappa shape index (κ1) is 27.5. The van der Waals surface area contributed by atoms with Gasteiger partial charge in [-0.1, -0.05) is 29.3 Å². The minimum Gasteiger partial charge on any atom is -0.489 e. The van der Waals surface area contributed by atoms with E-state index in [1.807, 2.05) is 0 Å². The number of carbonyl (C=O) groups excluding carboxylic acids is 1. The lowest BCUT2D eigenvalue weighted by Crippen LogP contribution is -2.48. The Morgan fingerprint density at radius 1 is 1.24 bits per heavy atom. The second-order valence-corrected chi connectivity index (χ2v) is 9.04. The molecule has 0 spiro atoms. The van der Waals surface area contributed by atoms with Gasteiger partial charge in [0.15, 0.2) is 0 Å². The predicted molar refractivity (Wildman–Crippen MR) is 131 cm³/mol. The summed E-state index contributed by atoms with van der Waals surface area (Å²) in [6, 6.07) is 9.16. The lowest BCUT2D eigenvalue weighted by molar-refractivity contribution is -0.114. The van der Waals surface area contributed by atoms with Crippen LogP contribution in [0.25, 0.3) is 0 Å². The highest BCUT2D eigenvalue weighted by molar-refractivity contribution is 6.42. The van der Waals surface area contributed by atoms with Crippen LogP contribution in [0.3, 0.4) is 0 Å². The molecule has 2 aromatic rings. The van der Waals surface area contributed by atoms with E-state index in [0.29, 0.717) is 28.0 Å². The Morgan fingerprint density at radius 3 is 2.61 bits per heavy atom. The lowest BCUT2D eigenvalue weighted by atomic mass is 10.0. The summed E-state index contributed by atoms with van der Waals surface area (Å²) in [6.07, 6.45) is 1.56. The van der Waals surface area contributed by atoms with Crippen LogP contribution in [-0.2, 0) is 4.79 Å². The van der Waals surface area contributed by atoms with E-state index < -0.39 is 11.4 Å². The van der Waals surface area contributed by atoms with Crippen molar-refractivity contribution in [3.05, 3.63) is 52.3 Å². The smallest absolute Gasteiger partial charge is 0.221 e. The number of nitrogens with one attached hydrogen (secondary N) is 1. The van der Waals surface area contributed by atoms with Gasteiger partial charge in [0.25, 0.3) is 0 Å². The van der Waals surface area contributed by atoms with Crippen LogP contribution in [-0.4, -0.2) is 53.9 Å². The van der Waals surface area contributed by atoms with Crippen LogP contribution < -0.4 is 14.8 Å². The molecule has 33 heavy (non-hydrogen) atoms. The number of β-amino-alcohol motifs (C(OH)–C–C–N with tert-alkyl or cyclic N) is 1. The fourth-order valence-corrected chi connectivity index (χ4v) is 3.95. The first-order valence-corrected chi connectivity index (χ1v) is 11.1. The molecule has 2 N–H and O–H groups in total. The van der Waals surface area contributed by atoms with Crippen molar-refractivity contribution < 1.29 is 23.8 Å². The molecule has 1 saturated heterocycles. The third-order valence-corrected chi connectivity index (χ3v) is 5.90. The van der Waals surface area contributed by atoms with E-state index in [2.05, 4.69) is 10.2 Å². The van der Waals surface area contributed by atoms with Crippen molar-refractivity contribution in [1.82, 2.24) is 4.90 Å². The average molecular weight is 522 g/mol. The number of hydrogen-bond donors (Lipinski definition) is 2. The highest BCUT2D eigenvalue weighted by atomic mass is 35.5. The van der Waals surface area contributed by atoms with E-state index in [0.717, 1.165) is 25.9 Å². The molecular weight excluding hydrogens is 494 g/mol. The minimum atomic E-state index is -1.18. The molecule has 1 unspecified atom stereocenters. The van der Waals surface area contributed by atoms with E-state index >= 15 is 0 Å². The molecule has 1 atom stereocenters. The van der Waals surface area contributed by atoms with Crippen LogP contribution in [0.1, 0.15) is 26.7 Å². The van der Waals surface area contributed by atoms with Crippen LogP contribution in [0.5, 0.6) is 11.5 Å². The van der Waals surface area contributed by atoms with E-state index in [4.69, 9.17) is 32.7 Å². The van der Waals surface area contributed by atoms with Gasteiger partial charge in [-0.3, -0.25) is 4.79 Å². The summed E-state index contributed by atoms with van der Waals surface area (Å²) >= 11 is 12.2. The van der Waals surface area contributed by atoms with Gasteiger partial charge in [0, 0.05) is 32.6 Å². The fraction of sp³-hybridized carbons (Fsp3) is 0.435. The monoisotopic (exact) mass is 520 g/mol. The van der Waals surface area contributed by atoms with Gasteiger partial charge in [0.1, 0.15) is 40.7 Å². The van der Waals surface area contributed by atoms with Gasteiger partial charge in [-0.2, -0.15) is 0 Å². The van der Waals surface area contributed by atoms with Crippen LogP contribution in [0.2, 0.25) is 10.0 Å². The van der Waals surface area contributed by atoms with Crippen molar-refractivity contribution in [2.45, 2.75) is 38.4 Å². The summed E-state index contributed by atoms with van der Waals surface area (Å²) in [7, 11) is 0. The van der Waals surface area contributed by atoms with E-state index in [-0.39, 0.29) is 36.8 Å². The zero-order valence-corrected chi connectivity index (χ0v) is 20.8. The Labute approximate surface area is 209 Å². The number of piperidine rings is 1. The molecule has 10 heteroatoms. The zero-order chi connectivity index (χ0) is 23.3. The van der Waals surface area contributed by atoms with Crippen molar-refractivity contribution in [1.29, 1.82) is 0 Å². The normalized spacial score (nSPS) is 16.4. The van der Waals surface area contributed by atoms with Gasteiger partial charge >= 0.3 is 0 Å². The Morgan fingerprint density at radius 2 is 1.94 bits per heavy atom. The summed E-state index contributed by atoms with van der Waals surface area (Å²) in [5.74, 6) is -0.0398. The Hall–Kier alpha value is -1.77. The Kier molecular flexibility index (Phi) is 10.1. The summed E-state index contributed by atoms with van der Waals surface area (Å²) in [6.45, 7) is 4.81. The molecule has 1 fully saturated rings. The number of aliphatic hydroxyl groups is 1. The molecule has 6 nitrogen and oxygen atoms in total. The molecule has 1 heterocycles. The second-order valence-electron chi connectivity index (χ2n) is 8.25. The highest BCUT2D eigenvalue weighted by Crippen LogP contribution is 2.33. The average Bonchev–Trinajstić information content (AvgIpc) is 2.72. The van der Waals surface area contributed by atoms with Crippen LogP contribution in [0.15, 0.2) is 36.4 Å². The summed E-state index contributed by atoms with van der Waals surface area (Å²) in [5, 5.41) is 14.3. The maximum absolute atomic E-state index is 13.6. The maximum Gasteiger partial charge on any atom is 0.221 e. The summed E-state index contributed by atoms with van der Waals surface area (Å²) < 4.78 is 25.3. The van der Waals surface area contributed by atoms with Gasteiger partial charge in [-0.25, -0.2) is 4.39 Å². The quantitative estimate of drug-likeness (QED) is 0.500. The number of hydrogen-bond acceptors (Lipinski definition) is 5. The van der Waals surface area contributed by atoms with Gasteiger partial charge < -0.3 is 24.8 Å². The number of anilines is 1. The number of benzene rings is 2. The molecule has 2 aromatic carbocycles. The molecule has 0 saturated carbocycles. The van der Waals surface area contributed by atoms with Crippen LogP contribution >= 0.6 is 35.6 Å². The molecule has 1 aliphatic heterocycles. The van der Waals surface area contributed by atoms with Crippen molar-refractivity contribution in [2.75, 3.05) is 31.6 Å². The van der Waals surface area contributed by atoms with E-state index in [1.54, 1.807) is 25.1 Å². The third kappa shape index (κ3) is 8.19. The molecule has 1 aliphatic rings. The Bertz CT molecular complexity index is 953. The molecule has 182 valence electrons. The number of amides is 1. The first-order chi connectivity index (χ1) is 15.1. The lowest BCUT2D eigenvalue weighted by Gasteiger charge is -2.36. The first-order valence-electron chi connectivity index (χ1n) is 10.4. The van der Waals surface area contributed by atoms with Crippen molar-refractivity contribution in [3.8, 4) is 11.5 Å². The third-order valence-electron chi connectivity index (χ3n) is 5.10.